The summed E-state index contributed by atoms with van der Waals surface area (Å²) in [6, 6.07) is 10.6. The van der Waals surface area contributed by atoms with Crippen molar-refractivity contribution in [2.45, 2.75) is 88.4 Å². The Morgan fingerprint density at radius 3 is 2.53 bits per heavy atom. The van der Waals surface area contributed by atoms with Gasteiger partial charge in [-0.25, -0.2) is 4.79 Å². The van der Waals surface area contributed by atoms with Gasteiger partial charge in [-0.1, -0.05) is 28.9 Å². The fourth-order valence-electron chi connectivity index (χ4n) is 7.95. The molecule has 45 heavy (non-hydrogen) atoms. The zero-order valence-electron chi connectivity index (χ0n) is 24.0. The van der Waals surface area contributed by atoms with Crippen LogP contribution >= 0.6 is 23.1 Å². The van der Waals surface area contributed by atoms with Crippen LogP contribution in [0, 0.1) is 5.41 Å². The number of carboxylic acids is 1. The van der Waals surface area contributed by atoms with Crippen molar-refractivity contribution in [3.63, 3.8) is 0 Å². The van der Waals surface area contributed by atoms with E-state index in [1.165, 1.54) is 12.1 Å². The third-order valence-electron chi connectivity index (χ3n) is 9.89. The molecular formula is C32H29ClF3N3O5S. The van der Waals surface area contributed by atoms with Crippen molar-refractivity contribution in [3.8, 4) is 17.0 Å². The highest BCUT2D eigenvalue weighted by Crippen LogP contribution is 2.58. The molecule has 4 aromatic rings. The van der Waals surface area contributed by atoms with Crippen LogP contribution in [0.5, 0.6) is 5.75 Å². The Morgan fingerprint density at radius 1 is 1.11 bits per heavy atom. The molecule has 2 aliphatic heterocycles. The van der Waals surface area contributed by atoms with Crippen molar-refractivity contribution < 1.29 is 37.1 Å². The van der Waals surface area contributed by atoms with E-state index in [1.807, 2.05) is 12.1 Å². The average Bonchev–Trinajstić information content (AvgIpc) is 3.46. The van der Waals surface area contributed by atoms with E-state index in [4.69, 9.17) is 20.9 Å². The summed E-state index contributed by atoms with van der Waals surface area (Å²) >= 11 is 7.75. The Morgan fingerprint density at radius 2 is 1.84 bits per heavy atom. The molecule has 8 rings (SSSR count). The molecule has 8 nitrogen and oxygen atoms in total. The molecule has 0 amide bonds. The maximum atomic E-state index is 13.1. The van der Waals surface area contributed by atoms with Crippen molar-refractivity contribution in [1.29, 1.82) is 0 Å². The van der Waals surface area contributed by atoms with Gasteiger partial charge in [0.15, 0.2) is 5.69 Å². The van der Waals surface area contributed by atoms with Gasteiger partial charge in [-0.05, 0) is 92.6 Å². The van der Waals surface area contributed by atoms with Gasteiger partial charge in [-0.2, -0.15) is 4.37 Å². The minimum atomic E-state index is -4.82. The number of alkyl halides is 3. The first kappa shape index (κ1) is 29.1. The Hall–Kier alpha value is -3.35. The summed E-state index contributed by atoms with van der Waals surface area (Å²) < 4.78 is 60.7. The number of halogens is 4. The van der Waals surface area contributed by atoms with E-state index in [-0.39, 0.29) is 41.1 Å². The van der Waals surface area contributed by atoms with E-state index in [2.05, 4.69) is 19.2 Å². The summed E-state index contributed by atoms with van der Waals surface area (Å²) in [5.74, 6) is -0.493. The van der Waals surface area contributed by atoms with Crippen molar-refractivity contribution in [3.05, 3.63) is 58.4 Å². The molecule has 4 heterocycles. The standard InChI is InChI=1S/C32H29ClF3N3O5S/c33-23-9-19(10-25-26(23)28(30(40)41)38-45-25)39-17-7-8-18(39)12-31(11-17)13-20(14-31)42-15-22-27(37-44-29(22)16-5-6-16)21-3-1-2-4-24(21)43-32(34,35)36/h1-4,9-10,16-18,20H,5-8,11-15H2,(H,40,41). The summed E-state index contributed by atoms with van der Waals surface area (Å²) in [6.07, 6.45) is 3.24. The van der Waals surface area contributed by atoms with E-state index < -0.39 is 12.3 Å². The van der Waals surface area contributed by atoms with Gasteiger partial charge >= 0.3 is 12.3 Å². The number of para-hydroxylation sites is 1. The van der Waals surface area contributed by atoms with Gasteiger partial charge in [0.2, 0.25) is 0 Å². The number of aromatic nitrogens is 2. The lowest BCUT2D eigenvalue weighted by atomic mass is 9.59. The summed E-state index contributed by atoms with van der Waals surface area (Å²) in [7, 11) is 0. The summed E-state index contributed by atoms with van der Waals surface area (Å²) in [4.78, 5) is 14.1. The predicted molar refractivity (Wildman–Crippen MR) is 161 cm³/mol. The highest BCUT2D eigenvalue weighted by molar-refractivity contribution is 7.13. The molecular weight excluding hydrogens is 631 g/mol. The molecule has 2 aromatic carbocycles. The van der Waals surface area contributed by atoms with Crippen LogP contribution in [0.3, 0.4) is 0 Å². The number of carbonyl (C=O) groups is 1. The first-order chi connectivity index (χ1) is 21.6. The Kier molecular flexibility index (Phi) is 6.85. The monoisotopic (exact) mass is 659 g/mol. The van der Waals surface area contributed by atoms with Gasteiger partial charge in [-0.15, -0.1) is 13.2 Å². The van der Waals surface area contributed by atoms with Crippen molar-refractivity contribution in [1.82, 2.24) is 9.53 Å². The average molecular weight is 660 g/mol. The summed E-state index contributed by atoms with van der Waals surface area (Å²) in [5, 5.41) is 14.6. The number of anilines is 1. The summed E-state index contributed by atoms with van der Waals surface area (Å²) in [5.41, 5.74) is 2.47. The number of fused-ring (bicyclic) bond motifs is 3. The lowest BCUT2D eigenvalue weighted by Gasteiger charge is -2.55. The molecule has 4 aliphatic rings. The SMILES string of the molecule is O=C(O)c1nsc2cc(N3C4CCC3CC3(CC(OCc5c(-c6ccccc6OC(F)(F)F)noc5C5CC5)C3)C4)cc(Cl)c12. The highest BCUT2D eigenvalue weighted by Gasteiger charge is 2.54. The topological polar surface area (TPSA) is 97.9 Å². The van der Waals surface area contributed by atoms with Crippen LogP contribution in [0.25, 0.3) is 21.3 Å². The number of hydrogen-bond donors (Lipinski definition) is 1. The van der Waals surface area contributed by atoms with Crippen LogP contribution in [0.15, 0.2) is 40.9 Å². The molecule has 2 saturated carbocycles. The Bertz CT molecular complexity index is 1780. The number of benzene rings is 2. The predicted octanol–water partition coefficient (Wildman–Crippen LogP) is 8.58. The van der Waals surface area contributed by atoms with Crippen molar-refractivity contribution >= 4 is 44.9 Å². The number of aromatic carboxylic acids is 1. The summed E-state index contributed by atoms with van der Waals surface area (Å²) in [6.45, 7) is 0.219. The van der Waals surface area contributed by atoms with Gasteiger partial charge in [0.1, 0.15) is 17.2 Å². The van der Waals surface area contributed by atoms with E-state index in [9.17, 15) is 23.1 Å². The minimum Gasteiger partial charge on any atom is -0.476 e. The number of rotatable bonds is 8. The molecule has 2 saturated heterocycles. The molecule has 236 valence electrons. The van der Waals surface area contributed by atoms with Crippen LogP contribution < -0.4 is 9.64 Å². The zero-order chi connectivity index (χ0) is 31.1. The smallest absolute Gasteiger partial charge is 0.476 e. The highest BCUT2D eigenvalue weighted by atomic mass is 35.5. The van der Waals surface area contributed by atoms with E-state index in [0.717, 1.165) is 73.3 Å². The van der Waals surface area contributed by atoms with Crippen molar-refractivity contribution in [2.75, 3.05) is 4.90 Å². The Labute approximate surface area is 265 Å². The third-order valence-corrected chi connectivity index (χ3v) is 11.0. The van der Waals surface area contributed by atoms with Crippen LogP contribution in [-0.2, 0) is 11.3 Å². The number of hydrogen-bond acceptors (Lipinski definition) is 8. The molecule has 2 atom stereocenters. The first-order valence-corrected chi connectivity index (χ1v) is 16.3. The van der Waals surface area contributed by atoms with Crippen LogP contribution in [-0.4, -0.2) is 45.2 Å². The molecule has 2 aliphatic carbocycles. The number of nitrogens with zero attached hydrogens (tertiary/aromatic N) is 3. The second-order valence-corrected chi connectivity index (χ2v) is 14.1. The second kappa shape index (κ2) is 10.6. The fraction of sp³-hybridized carbons (Fsp3) is 0.469. The second-order valence-electron chi connectivity index (χ2n) is 12.9. The van der Waals surface area contributed by atoms with Gasteiger partial charge < -0.3 is 24.0 Å². The molecule has 2 aromatic heterocycles. The quantitative estimate of drug-likeness (QED) is 0.201. The maximum absolute atomic E-state index is 13.1. The number of ether oxygens (including phenoxy) is 2. The molecule has 0 radical (unpaired) electrons. The number of carboxylic acid groups (broad SMARTS) is 1. The van der Waals surface area contributed by atoms with Crippen LogP contribution in [0.2, 0.25) is 5.02 Å². The lowest BCUT2D eigenvalue weighted by Crippen LogP contribution is -2.54. The largest absolute Gasteiger partial charge is 0.573 e. The molecule has 1 spiro atoms. The molecule has 4 fully saturated rings. The fourth-order valence-corrected chi connectivity index (χ4v) is 9.14. The maximum Gasteiger partial charge on any atom is 0.573 e. The zero-order valence-corrected chi connectivity index (χ0v) is 25.6. The van der Waals surface area contributed by atoms with Gasteiger partial charge in [-0.3, -0.25) is 0 Å². The Balaban J connectivity index is 0.962. The van der Waals surface area contributed by atoms with Crippen LogP contribution in [0.1, 0.15) is 79.1 Å². The normalized spacial score (nSPS) is 26.0. The van der Waals surface area contributed by atoms with Gasteiger partial charge in [0.25, 0.3) is 0 Å². The molecule has 2 bridgehead atoms. The van der Waals surface area contributed by atoms with E-state index in [0.29, 0.717) is 39.5 Å². The molecule has 2 unspecified atom stereocenters. The molecule has 13 heteroatoms. The number of piperidine rings is 1. The van der Waals surface area contributed by atoms with Gasteiger partial charge in [0.05, 0.1) is 22.4 Å². The third kappa shape index (κ3) is 5.24. The lowest BCUT2D eigenvalue weighted by molar-refractivity contribution is -0.274. The minimum absolute atomic E-state index is 0.00551. The van der Waals surface area contributed by atoms with E-state index in [1.54, 1.807) is 12.1 Å². The van der Waals surface area contributed by atoms with Crippen molar-refractivity contribution in [2.24, 2.45) is 5.41 Å². The molecule has 1 N–H and O–H groups in total. The van der Waals surface area contributed by atoms with Crippen LogP contribution in [0.4, 0.5) is 18.9 Å². The van der Waals surface area contributed by atoms with Gasteiger partial charge in [0, 0.05) is 40.2 Å². The first-order valence-electron chi connectivity index (χ1n) is 15.1. The van der Waals surface area contributed by atoms with E-state index >= 15 is 0 Å².